The van der Waals surface area contributed by atoms with Crippen LogP contribution in [-0.2, 0) is 11.3 Å². The molecule has 1 aromatic carbocycles. The van der Waals surface area contributed by atoms with Crippen molar-refractivity contribution in [2.24, 2.45) is 0 Å². The third-order valence-corrected chi connectivity index (χ3v) is 3.29. The molecule has 1 heterocycles. The van der Waals surface area contributed by atoms with E-state index < -0.39 is 0 Å². The fourth-order valence-corrected chi connectivity index (χ4v) is 2.36. The quantitative estimate of drug-likeness (QED) is 0.819. The van der Waals surface area contributed by atoms with Crippen molar-refractivity contribution in [3.63, 3.8) is 0 Å². The van der Waals surface area contributed by atoms with Gasteiger partial charge in [-0.25, -0.2) is 0 Å². The average Bonchev–Trinajstić information content (AvgIpc) is 2.56. The summed E-state index contributed by atoms with van der Waals surface area (Å²) in [6, 6.07) is 10.3. The number of rotatable bonds is 4. The molecule has 1 saturated heterocycles. The Labute approximate surface area is 108 Å². The van der Waals surface area contributed by atoms with Crippen LogP contribution >= 0.6 is 0 Å². The maximum absolute atomic E-state index is 12.0. The maximum atomic E-state index is 12.0. The van der Waals surface area contributed by atoms with Crippen molar-refractivity contribution >= 4 is 5.91 Å². The molecule has 1 aliphatic heterocycles. The van der Waals surface area contributed by atoms with Crippen molar-refractivity contribution in [2.45, 2.75) is 19.0 Å². The third-order valence-electron chi connectivity index (χ3n) is 3.29. The summed E-state index contributed by atoms with van der Waals surface area (Å²) in [6.45, 7) is 3.27. The molecule has 1 atom stereocenters. The second kappa shape index (κ2) is 6.52. The van der Waals surface area contributed by atoms with Gasteiger partial charge in [0.2, 0.25) is 5.91 Å². The molecule has 98 valence electrons. The molecule has 0 aliphatic carbocycles. The molecule has 0 spiro atoms. The zero-order chi connectivity index (χ0) is 12.8. The topological polar surface area (TPSA) is 44.4 Å². The van der Waals surface area contributed by atoms with E-state index in [4.69, 9.17) is 0 Å². The lowest BCUT2D eigenvalue weighted by Crippen LogP contribution is -2.49. The summed E-state index contributed by atoms with van der Waals surface area (Å²) >= 11 is 0. The molecule has 4 heteroatoms. The van der Waals surface area contributed by atoms with Gasteiger partial charge in [0.05, 0.1) is 0 Å². The maximum Gasteiger partial charge on any atom is 0.238 e. The molecule has 2 rings (SSSR count). The minimum atomic E-state index is -0.0716. The van der Waals surface area contributed by atoms with Gasteiger partial charge in [-0.15, -0.1) is 0 Å². The van der Waals surface area contributed by atoms with E-state index >= 15 is 0 Å². The summed E-state index contributed by atoms with van der Waals surface area (Å²) < 4.78 is 0. The zero-order valence-electron chi connectivity index (χ0n) is 10.9. The molecule has 0 aromatic heterocycles. The van der Waals surface area contributed by atoms with Gasteiger partial charge in [0.15, 0.2) is 0 Å². The summed E-state index contributed by atoms with van der Waals surface area (Å²) in [6.07, 6.45) is 1.01. The number of benzene rings is 1. The second-order valence-electron chi connectivity index (χ2n) is 4.67. The number of nitrogens with zero attached hydrogens (tertiary/aromatic N) is 1. The Morgan fingerprint density at radius 2 is 2.17 bits per heavy atom. The van der Waals surface area contributed by atoms with E-state index in [1.807, 2.05) is 25.2 Å². The summed E-state index contributed by atoms with van der Waals surface area (Å²) in [5, 5.41) is 6.08. The van der Waals surface area contributed by atoms with E-state index in [1.54, 1.807) is 0 Å². The van der Waals surface area contributed by atoms with Crippen molar-refractivity contribution in [1.29, 1.82) is 0 Å². The van der Waals surface area contributed by atoms with Gasteiger partial charge in [0.25, 0.3) is 0 Å². The predicted molar refractivity (Wildman–Crippen MR) is 72.2 cm³/mol. The van der Waals surface area contributed by atoms with E-state index in [0.717, 1.165) is 26.1 Å². The molecule has 0 saturated carbocycles. The highest BCUT2D eigenvalue weighted by molar-refractivity contribution is 5.82. The van der Waals surface area contributed by atoms with Gasteiger partial charge < -0.3 is 10.6 Å². The first kappa shape index (κ1) is 13.1. The Hall–Kier alpha value is -1.39. The molecule has 0 bridgehead atoms. The predicted octanol–water partition coefficient (Wildman–Crippen LogP) is 0.597. The van der Waals surface area contributed by atoms with Crippen LogP contribution in [0.3, 0.4) is 0 Å². The number of carbonyl (C=O) groups is 1. The van der Waals surface area contributed by atoms with Crippen LogP contribution in [0.2, 0.25) is 0 Å². The van der Waals surface area contributed by atoms with Crippen LogP contribution in [0.4, 0.5) is 0 Å². The van der Waals surface area contributed by atoms with Gasteiger partial charge in [-0.3, -0.25) is 9.69 Å². The van der Waals surface area contributed by atoms with Crippen LogP contribution in [0.25, 0.3) is 0 Å². The fourth-order valence-electron chi connectivity index (χ4n) is 2.36. The van der Waals surface area contributed by atoms with Gasteiger partial charge in [-0.1, -0.05) is 30.3 Å². The van der Waals surface area contributed by atoms with Crippen molar-refractivity contribution in [2.75, 3.05) is 26.7 Å². The third kappa shape index (κ3) is 3.31. The van der Waals surface area contributed by atoms with Gasteiger partial charge in [0.1, 0.15) is 6.04 Å². The minimum absolute atomic E-state index is 0.0716. The number of hydrogen-bond donors (Lipinski definition) is 2. The Morgan fingerprint density at radius 3 is 2.89 bits per heavy atom. The highest BCUT2D eigenvalue weighted by atomic mass is 16.2. The molecule has 1 unspecified atom stereocenters. The molecular formula is C14H21N3O. The molecule has 0 radical (unpaired) electrons. The number of carbonyl (C=O) groups excluding carboxylic acids is 1. The number of hydrogen-bond acceptors (Lipinski definition) is 3. The van der Waals surface area contributed by atoms with Crippen molar-refractivity contribution in [1.82, 2.24) is 15.5 Å². The lowest BCUT2D eigenvalue weighted by molar-refractivity contribution is -0.125. The van der Waals surface area contributed by atoms with Crippen LogP contribution in [-0.4, -0.2) is 43.5 Å². The molecule has 1 aromatic rings. The van der Waals surface area contributed by atoms with E-state index in [2.05, 4.69) is 27.7 Å². The van der Waals surface area contributed by atoms with E-state index in [0.29, 0.717) is 6.54 Å². The first-order valence-corrected chi connectivity index (χ1v) is 6.51. The molecular weight excluding hydrogens is 226 g/mol. The van der Waals surface area contributed by atoms with Crippen molar-refractivity contribution in [3.05, 3.63) is 35.9 Å². The van der Waals surface area contributed by atoms with Crippen molar-refractivity contribution < 1.29 is 4.79 Å². The van der Waals surface area contributed by atoms with Gasteiger partial charge in [0, 0.05) is 26.2 Å². The Morgan fingerprint density at radius 1 is 1.39 bits per heavy atom. The molecule has 1 amide bonds. The molecule has 2 N–H and O–H groups in total. The van der Waals surface area contributed by atoms with Gasteiger partial charge >= 0.3 is 0 Å². The van der Waals surface area contributed by atoms with E-state index in [-0.39, 0.29) is 11.9 Å². The first-order valence-electron chi connectivity index (χ1n) is 6.51. The smallest absolute Gasteiger partial charge is 0.238 e. The lowest BCUT2D eigenvalue weighted by atomic mass is 10.1. The van der Waals surface area contributed by atoms with E-state index in [1.165, 1.54) is 5.56 Å². The Kier molecular flexibility index (Phi) is 4.73. The largest absolute Gasteiger partial charge is 0.355 e. The average molecular weight is 247 g/mol. The van der Waals surface area contributed by atoms with Gasteiger partial charge in [-0.05, 0) is 19.0 Å². The molecule has 18 heavy (non-hydrogen) atoms. The Balaban J connectivity index is 2.09. The minimum Gasteiger partial charge on any atom is -0.355 e. The van der Waals surface area contributed by atoms with Crippen LogP contribution in [0, 0.1) is 0 Å². The summed E-state index contributed by atoms with van der Waals surface area (Å²) in [4.78, 5) is 14.3. The first-order chi connectivity index (χ1) is 8.81. The lowest BCUT2D eigenvalue weighted by Gasteiger charge is -2.28. The summed E-state index contributed by atoms with van der Waals surface area (Å²) in [5.41, 5.74) is 1.26. The second-order valence-corrected chi connectivity index (χ2v) is 4.67. The van der Waals surface area contributed by atoms with Crippen LogP contribution < -0.4 is 10.6 Å². The fraction of sp³-hybridized carbons (Fsp3) is 0.500. The number of likely N-dealkylation sites (N-methyl/N-ethyl adjacent to an activating group) is 1. The standard InChI is InChI=1S/C14H21N3O/c1-15-10-13-14(18)16-8-5-9-17(13)11-12-6-3-2-4-7-12/h2-4,6-7,13,15H,5,8-11H2,1H3,(H,16,18). The summed E-state index contributed by atoms with van der Waals surface area (Å²) in [7, 11) is 1.89. The van der Waals surface area contributed by atoms with Crippen LogP contribution in [0.5, 0.6) is 0 Å². The highest BCUT2D eigenvalue weighted by Crippen LogP contribution is 2.11. The monoisotopic (exact) mass is 247 g/mol. The normalized spacial score (nSPS) is 21.4. The van der Waals surface area contributed by atoms with Crippen LogP contribution in [0.1, 0.15) is 12.0 Å². The zero-order valence-corrected chi connectivity index (χ0v) is 10.9. The highest BCUT2D eigenvalue weighted by Gasteiger charge is 2.27. The van der Waals surface area contributed by atoms with E-state index in [9.17, 15) is 4.79 Å². The van der Waals surface area contributed by atoms with Crippen molar-refractivity contribution in [3.8, 4) is 0 Å². The molecule has 1 aliphatic rings. The number of nitrogens with one attached hydrogen (secondary N) is 2. The Bertz CT molecular complexity index is 380. The summed E-state index contributed by atoms with van der Waals surface area (Å²) in [5.74, 6) is 0.137. The van der Waals surface area contributed by atoms with Crippen LogP contribution in [0.15, 0.2) is 30.3 Å². The molecule has 4 nitrogen and oxygen atoms in total. The van der Waals surface area contributed by atoms with Gasteiger partial charge in [-0.2, -0.15) is 0 Å². The molecule has 1 fully saturated rings. The SMILES string of the molecule is CNCC1C(=O)NCCCN1Cc1ccccc1. The number of amides is 1.